The van der Waals surface area contributed by atoms with Gasteiger partial charge in [0.05, 0.1) is 18.6 Å². The Morgan fingerprint density at radius 1 is 1.07 bits per heavy atom. The molecular formula is C22H23ClN6S. The Morgan fingerprint density at radius 2 is 1.80 bits per heavy atom. The number of aromatic nitrogens is 5. The van der Waals surface area contributed by atoms with Crippen LogP contribution in [-0.4, -0.2) is 36.1 Å². The van der Waals surface area contributed by atoms with Gasteiger partial charge in [-0.3, -0.25) is 4.90 Å². The number of para-hydroxylation sites is 1. The Bertz CT molecular complexity index is 1180. The Balaban J connectivity index is 1.51. The van der Waals surface area contributed by atoms with Crippen molar-refractivity contribution in [2.24, 2.45) is 0 Å². The molecule has 0 saturated carbocycles. The van der Waals surface area contributed by atoms with Gasteiger partial charge in [-0.2, -0.15) is 10.2 Å². The average molecular weight is 439 g/mol. The Hall–Kier alpha value is -2.74. The van der Waals surface area contributed by atoms with Crippen LogP contribution in [0.3, 0.4) is 0 Å². The highest BCUT2D eigenvalue weighted by atomic mass is 35.5. The molecule has 0 spiro atoms. The van der Waals surface area contributed by atoms with Crippen LogP contribution in [0.25, 0.3) is 17.1 Å². The van der Waals surface area contributed by atoms with Gasteiger partial charge in [-0.25, -0.2) is 9.36 Å². The van der Waals surface area contributed by atoms with Gasteiger partial charge in [0, 0.05) is 35.4 Å². The molecule has 0 atom stereocenters. The number of rotatable bonds is 7. The normalized spacial score (nSPS) is 11.3. The molecule has 0 N–H and O–H groups in total. The molecule has 0 saturated heterocycles. The predicted molar refractivity (Wildman–Crippen MR) is 122 cm³/mol. The highest BCUT2D eigenvalue weighted by Gasteiger charge is 2.13. The predicted octanol–water partition coefficient (Wildman–Crippen LogP) is 5.03. The van der Waals surface area contributed by atoms with Crippen molar-refractivity contribution in [3.8, 4) is 17.1 Å². The van der Waals surface area contributed by atoms with E-state index in [-0.39, 0.29) is 0 Å². The van der Waals surface area contributed by atoms with Crippen LogP contribution in [0.2, 0.25) is 5.02 Å². The zero-order valence-electron chi connectivity index (χ0n) is 16.9. The Kier molecular flexibility index (Phi) is 6.13. The second-order valence-electron chi connectivity index (χ2n) is 7.14. The van der Waals surface area contributed by atoms with E-state index in [0.29, 0.717) is 16.5 Å². The van der Waals surface area contributed by atoms with Crippen LogP contribution in [0.4, 0.5) is 0 Å². The zero-order chi connectivity index (χ0) is 21.1. The summed E-state index contributed by atoms with van der Waals surface area (Å²) in [5.74, 6) is 0.851. The molecule has 6 nitrogen and oxygen atoms in total. The first-order valence-electron chi connectivity index (χ1n) is 9.76. The summed E-state index contributed by atoms with van der Waals surface area (Å²) in [4.78, 5) is 2.17. The molecule has 30 heavy (non-hydrogen) atoms. The minimum absolute atomic E-state index is 0.586. The molecule has 0 radical (unpaired) electrons. The third-order valence-electron chi connectivity index (χ3n) is 4.83. The molecule has 154 valence electrons. The molecule has 4 aromatic rings. The molecular weight excluding hydrogens is 416 g/mol. The second kappa shape index (κ2) is 8.95. The fraction of sp³-hybridized carbons (Fsp3) is 0.227. The van der Waals surface area contributed by atoms with Crippen LogP contribution < -0.4 is 0 Å². The molecule has 4 rings (SSSR count). The van der Waals surface area contributed by atoms with Crippen molar-refractivity contribution >= 4 is 23.8 Å². The fourth-order valence-electron chi connectivity index (χ4n) is 3.38. The summed E-state index contributed by atoms with van der Waals surface area (Å²) in [5.41, 5.74) is 3.17. The summed E-state index contributed by atoms with van der Waals surface area (Å²) in [6, 6.07) is 17.8. The maximum atomic E-state index is 6.03. The lowest BCUT2D eigenvalue weighted by Crippen LogP contribution is -2.22. The summed E-state index contributed by atoms with van der Waals surface area (Å²) in [6.45, 7) is 4.15. The molecule has 2 aromatic carbocycles. The van der Waals surface area contributed by atoms with Gasteiger partial charge in [-0.15, -0.1) is 0 Å². The maximum absolute atomic E-state index is 6.03. The van der Waals surface area contributed by atoms with E-state index in [1.54, 1.807) is 0 Å². The van der Waals surface area contributed by atoms with E-state index in [2.05, 4.69) is 30.2 Å². The van der Waals surface area contributed by atoms with Crippen LogP contribution in [0.15, 0.2) is 67.0 Å². The highest BCUT2D eigenvalue weighted by Crippen LogP contribution is 2.21. The summed E-state index contributed by atoms with van der Waals surface area (Å²) in [5, 5.41) is 9.96. The SMILES string of the molecule is CCn1c(-c2ccc(Cl)cc2)nn(CN(C)Cc2cnn(-c3ccccc3)c2)c1=S. The van der Waals surface area contributed by atoms with E-state index in [9.17, 15) is 0 Å². The van der Waals surface area contributed by atoms with E-state index in [1.807, 2.05) is 74.7 Å². The van der Waals surface area contributed by atoms with E-state index in [4.69, 9.17) is 28.9 Å². The summed E-state index contributed by atoms with van der Waals surface area (Å²) >= 11 is 11.7. The van der Waals surface area contributed by atoms with E-state index in [0.717, 1.165) is 35.7 Å². The molecule has 2 aromatic heterocycles. The fourth-order valence-corrected chi connectivity index (χ4v) is 3.82. The lowest BCUT2D eigenvalue weighted by molar-refractivity contribution is 0.244. The molecule has 0 fully saturated rings. The topological polar surface area (TPSA) is 43.8 Å². The van der Waals surface area contributed by atoms with Crippen molar-refractivity contribution in [2.75, 3.05) is 7.05 Å². The van der Waals surface area contributed by atoms with Crippen molar-refractivity contribution < 1.29 is 0 Å². The average Bonchev–Trinajstić information content (AvgIpc) is 3.34. The number of benzene rings is 2. The van der Waals surface area contributed by atoms with Gasteiger partial charge < -0.3 is 4.57 Å². The van der Waals surface area contributed by atoms with E-state index in [1.165, 1.54) is 0 Å². The first-order valence-corrected chi connectivity index (χ1v) is 10.5. The van der Waals surface area contributed by atoms with Gasteiger partial charge in [-0.1, -0.05) is 29.8 Å². The van der Waals surface area contributed by atoms with Crippen molar-refractivity contribution in [2.45, 2.75) is 26.7 Å². The van der Waals surface area contributed by atoms with Crippen LogP contribution in [0.5, 0.6) is 0 Å². The van der Waals surface area contributed by atoms with Crippen molar-refractivity contribution in [3.63, 3.8) is 0 Å². The molecule has 2 heterocycles. The number of halogens is 1. The lowest BCUT2D eigenvalue weighted by Gasteiger charge is -2.15. The molecule has 0 bridgehead atoms. The molecule has 0 aliphatic rings. The number of nitrogens with zero attached hydrogens (tertiary/aromatic N) is 6. The smallest absolute Gasteiger partial charge is 0.199 e. The van der Waals surface area contributed by atoms with Gasteiger partial charge in [0.25, 0.3) is 0 Å². The summed E-state index contributed by atoms with van der Waals surface area (Å²) < 4.78 is 6.50. The van der Waals surface area contributed by atoms with Crippen molar-refractivity contribution in [1.29, 1.82) is 0 Å². The Labute approximate surface area is 185 Å². The van der Waals surface area contributed by atoms with Gasteiger partial charge in [0.2, 0.25) is 0 Å². The van der Waals surface area contributed by atoms with Crippen molar-refractivity contribution in [3.05, 3.63) is 82.3 Å². The van der Waals surface area contributed by atoms with Gasteiger partial charge >= 0.3 is 0 Å². The van der Waals surface area contributed by atoms with E-state index >= 15 is 0 Å². The standard InChI is InChI=1S/C22H23ClN6S/c1-3-27-21(18-9-11-19(23)12-10-18)25-29(22(27)30)16-26(2)14-17-13-24-28(15-17)20-7-5-4-6-8-20/h4-13,15H,3,14,16H2,1-2H3. The van der Waals surface area contributed by atoms with Crippen LogP contribution >= 0.6 is 23.8 Å². The maximum Gasteiger partial charge on any atom is 0.199 e. The summed E-state index contributed by atoms with van der Waals surface area (Å²) in [7, 11) is 2.05. The minimum atomic E-state index is 0.586. The molecule has 8 heteroatoms. The third kappa shape index (κ3) is 4.38. The largest absolute Gasteiger partial charge is 0.300 e. The monoisotopic (exact) mass is 438 g/mol. The van der Waals surface area contributed by atoms with E-state index < -0.39 is 0 Å². The van der Waals surface area contributed by atoms with Crippen LogP contribution in [-0.2, 0) is 19.8 Å². The minimum Gasteiger partial charge on any atom is -0.300 e. The zero-order valence-corrected chi connectivity index (χ0v) is 18.5. The quantitative estimate of drug-likeness (QED) is 0.379. The van der Waals surface area contributed by atoms with Gasteiger partial charge in [-0.05, 0) is 62.6 Å². The van der Waals surface area contributed by atoms with Crippen molar-refractivity contribution in [1.82, 2.24) is 29.0 Å². The van der Waals surface area contributed by atoms with Gasteiger partial charge in [0.15, 0.2) is 10.6 Å². The van der Waals surface area contributed by atoms with Crippen LogP contribution in [0, 0.1) is 4.77 Å². The van der Waals surface area contributed by atoms with Crippen LogP contribution in [0.1, 0.15) is 12.5 Å². The first kappa shape index (κ1) is 20.5. The highest BCUT2D eigenvalue weighted by molar-refractivity contribution is 7.71. The third-order valence-corrected chi connectivity index (χ3v) is 5.51. The van der Waals surface area contributed by atoms with Gasteiger partial charge in [0.1, 0.15) is 0 Å². The summed E-state index contributed by atoms with van der Waals surface area (Å²) in [6.07, 6.45) is 3.95. The Morgan fingerprint density at radius 3 is 2.50 bits per heavy atom. The number of hydrogen-bond acceptors (Lipinski definition) is 4. The first-order chi connectivity index (χ1) is 14.5. The molecule has 0 unspecified atom stereocenters. The lowest BCUT2D eigenvalue weighted by atomic mass is 10.2. The molecule has 0 amide bonds. The number of hydrogen-bond donors (Lipinski definition) is 0. The second-order valence-corrected chi connectivity index (χ2v) is 7.94. The molecule has 0 aliphatic heterocycles. The molecule has 0 aliphatic carbocycles.